The maximum absolute atomic E-state index is 12.6. The lowest BCUT2D eigenvalue weighted by Crippen LogP contribution is -2.37. The van der Waals surface area contributed by atoms with Gasteiger partial charge in [-0.05, 0) is 24.4 Å². The molecule has 1 aromatic rings. The third-order valence-electron chi connectivity index (χ3n) is 3.08. The molecule has 1 aromatic heterocycles. The lowest BCUT2D eigenvalue weighted by atomic mass is 10.1. The molecule has 1 fully saturated rings. The number of rotatable bonds is 2. The average Bonchev–Trinajstić information content (AvgIpc) is 2.37. The number of nitrogens with zero attached hydrogens (tertiary/aromatic N) is 3. The number of anilines is 1. The van der Waals surface area contributed by atoms with E-state index in [1.165, 1.54) is 0 Å². The van der Waals surface area contributed by atoms with Crippen molar-refractivity contribution in [1.29, 1.82) is 0 Å². The van der Waals surface area contributed by atoms with Crippen molar-refractivity contribution in [3.8, 4) is 0 Å². The molecule has 0 aromatic carbocycles. The predicted octanol–water partition coefficient (Wildman–Crippen LogP) is 2.76. The van der Waals surface area contributed by atoms with Gasteiger partial charge in [0.05, 0.1) is 6.10 Å². The molecule has 1 aliphatic heterocycles. The molecule has 0 aliphatic carbocycles. The summed E-state index contributed by atoms with van der Waals surface area (Å²) >= 11 is 5.56. The molecule has 0 saturated carbocycles. The van der Waals surface area contributed by atoms with E-state index in [2.05, 4.69) is 9.97 Å². The molecular weight excluding hydrogens is 283 g/mol. The summed E-state index contributed by atoms with van der Waals surface area (Å²) in [6.45, 7) is 1.17. The second-order valence-electron chi connectivity index (χ2n) is 4.30. The van der Waals surface area contributed by atoms with Crippen molar-refractivity contribution in [2.24, 2.45) is 0 Å². The Labute approximate surface area is 113 Å². The highest BCUT2D eigenvalue weighted by Gasteiger charge is 2.34. The van der Waals surface area contributed by atoms with Gasteiger partial charge in [-0.3, -0.25) is 0 Å². The summed E-state index contributed by atoms with van der Waals surface area (Å²) in [5.74, 6) is 0.210. The zero-order valence-corrected chi connectivity index (χ0v) is 11.0. The van der Waals surface area contributed by atoms with Gasteiger partial charge < -0.3 is 9.64 Å². The standard InChI is InChI=1S/C11H13ClF3N3O/c1-19-7-2-4-18(5-3-7)9-6-8(11(13,14)15)16-10(12)17-9/h6-7H,2-5H2,1H3. The topological polar surface area (TPSA) is 38.2 Å². The SMILES string of the molecule is COC1CCN(c2cc(C(F)(F)F)nc(Cl)n2)CC1. The van der Waals surface area contributed by atoms with Gasteiger partial charge in [-0.25, -0.2) is 9.97 Å². The van der Waals surface area contributed by atoms with E-state index in [9.17, 15) is 13.2 Å². The van der Waals surface area contributed by atoms with E-state index in [4.69, 9.17) is 16.3 Å². The van der Waals surface area contributed by atoms with Gasteiger partial charge in [-0.1, -0.05) is 0 Å². The van der Waals surface area contributed by atoms with E-state index in [0.29, 0.717) is 13.1 Å². The van der Waals surface area contributed by atoms with Crippen LogP contribution in [0.15, 0.2) is 6.07 Å². The van der Waals surface area contributed by atoms with E-state index in [1.54, 1.807) is 12.0 Å². The zero-order valence-electron chi connectivity index (χ0n) is 10.2. The molecule has 0 atom stereocenters. The van der Waals surface area contributed by atoms with Gasteiger partial charge in [0.25, 0.3) is 0 Å². The predicted molar refractivity (Wildman–Crippen MR) is 64.3 cm³/mol. The van der Waals surface area contributed by atoms with Crippen LogP contribution in [0, 0.1) is 0 Å². The van der Waals surface area contributed by atoms with Crippen molar-refractivity contribution in [3.05, 3.63) is 17.0 Å². The first-order valence-corrected chi connectivity index (χ1v) is 6.17. The molecule has 2 heterocycles. The van der Waals surface area contributed by atoms with Gasteiger partial charge in [0, 0.05) is 26.3 Å². The number of methoxy groups -OCH3 is 1. The Balaban J connectivity index is 2.19. The molecule has 0 radical (unpaired) electrons. The number of halogens is 4. The highest BCUT2D eigenvalue weighted by atomic mass is 35.5. The van der Waals surface area contributed by atoms with Crippen LogP contribution in [0.2, 0.25) is 5.28 Å². The Morgan fingerprint density at radius 2 is 1.95 bits per heavy atom. The first kappa shape index (κ1) is 14.3. The van der Waals surface area contributed by atoms with Crippen LogP contribution in [-0.2, 0) is 10.9 Å². The van der Waals surface area contributed by atoms with Gasteiger partial charge in [-0.2, -0.15) is 13.2 Å². The fraction of sp³-hybridized carbons (Fsp3) is 0.636. The molecule has 0 spiro atoms. The van der Waals surface area contributed by atoms with Gasteiger partial charge in [0.15, 0.2) is 5.69 Å². The van der Waals surface area contributed by atoms with Gasteiger partial charge in [0.2, 0.25) is 5.28 Å². The highest BCUT2D eigenvalue weighted by molar-refractivity contribution is 6.28. The number of alkyl halides is 3. The molecule has 0 unspecified atom stereocenters. The van der Waals surface area contributed by atoms with E-state index >= 15 is 0 Å². The normalized spacial score (nSPS) is 17.8. The molecule has 1 aliphatic rings. The minimum absolute atomic E-state index is 0.149. The Bertz CT molecular complexity index is 447. The molecule has 1 saturated heterocycles. The van der Waals surface area contributed by atoms with Crippen molar-refractivity contribution in [2.75, 3.05) is 25.1 Å². The summed E-state index contributed by atoms with van der Waals surface area (Å²) in [7, 11) is 1.63. The Kier molecular flexibility index (Phi) is 4.15. The number of ether oxygens (including phenoxy) is 1. The second kappa shape index (κ2) is 5.50. The summed E-state index contributed by atoms with van der Waals surface area (Å²) in [5.41, 5.74) is -1.02. The van der Waals surface area contributed by atoms with Crippen molar-refractivity contribution in [2.45, 2.75) is 25.1 Å². The molecular formula is C11H13ClF3N3O. The first-order chi connectivity index (χ1) is 8.90. The molecule has 8 heteroatoms. The van der Waals surface area contributed by atoms with E-state index < -0.39 is 17.2 Å². The molecule has 0 bridgehead atoms. The molecule has 0 amide bonds. The van der Waals surface area contributed by atoms with Crippen LogP contribution in [0.5, 0.6) is 0 Å². The van der Waals surface area contributed by atoms with Gasteiger partial charge in [0.1, 0.15) is 5.82 Å². The number of hydrogen-bond acceptors (Lipinski definition) is 4. The smallest absolute Gasteiger partial charge is 0.381 e. The minimum atomic E-state index is -4.52. The van der Waals surface area contributed by atoms with Crippen molar-refractivity contribution < 1.29 is 17.9 Å². The summed E-state index contributed by atoms with van der Waals surface area (Å²) in [5, 5.41) is -0.390. The largest absolute Gasteiger partial charge is 0.433 e. The maximum atomic E-state index is 12.6. The van der Waals surface area contributed by atoms with Crippen molar-refractivity contribution >= 4 is 17.4 Å². The van der Waals surface area contributed by atoms with Crippen LogP contribution in [-0.4, -0.2) is 36.3 Å². The summed E-state index contributed by atoms with van der Waals surface area (Å²) in [6.07, 6.45) is -2.87. The molecule has 106 valence electrons. The van der Waals surface area contributed by atoms with Crippen LogP contribution >= 0.6 is 11.6 Å². The maximum Gasteiger partial charge on any atom is 0.433 e. The summed E-state index contributed by atoms with van der Waals surface area (Å²) in [4.78, 5) is 8.83. The first-order valence-electron chi connectivity index (χ1n) is 5.79. The van der Waals surface area contributed by atoms with Gasteiger partial charge >= 0.3 is 6.18 Å². The highest BCUT2D eigenvalue weighted by Crippen LogP contribution is 2.31. The van der Waals surface area contributed by atoms with Crippen LogP contribution < -0.4 is 4.90 Å². The van der Waals surface area contributed by atoms with Crippen LogP contribution in [0.4, 0.5) is 19.0 Å². The van der Waals surface area contributed by atoms with E-state index in [1.807, 2.05) is 0 Å². The van der Waals surface area contributed by atoms with Crippen LogP contribution in [0.3, 0.4) is 0 Å². The van der Waals surface area contributed by atoms with Crippen molar-refractivity contribution in [1.82, 2.24) is 9.97 Å². The molecule has 4 nitrogen and oxygen atoms in total. The Morgan fingerprint density at radius 3 is 2.47 bits per heavy atom. The van der Waals surface area contributed by atoms with Crippen molar-refractivity contribution in [3.63, 3.8) is 0 Å². The van der Waals surface area contributed by atoms with Gasteiger partial charge in [-0.15, -0.1) is 0 Å². The zero-order chi connectivity index (χ0) is 14.0. The molecule has 19 heavy (non-hydrogen) atoms. The average molecular weight is 296 g/mol. The number of aromatic nitrogens is 2. The summed E-state index contributed by atoms with van der Waals surface area (Å²) < 4.78 is 43.1. The lowest BCUT2D eigenvalue weighted by molar-refractivity contribution is -0.141. The fourth-order valence-corrected chi connectivity index (χ4v) is 2.21. The lowest BCUT2D eigenvalue weighted by Gasteiger charge is -2.32. The van der Waals surface area contributed by atoms with Crippen LogP contribution in [0.25, 0.3) is 0 Å². The third-order valence-corrected chi connectivity index (χ3v) is 3.24. The monoisotopic (exact) mass is 295 g/mol. The quantitative estimate of drug-likeness (QED) is 0.787. The number of piperidine rings is 1. The second-order valence-corrected chi connectivity index (χ2v) is 4.64. The minimum Gasteiger partial charge on any atom is -0.381 e. The fourth-order valence-electron chi connectivity index (χ4n) is 2.03. The van der Waals surface area contributed by atoms with E-state index in [0.717, 1.165) is 18.9 Å². The summed E-state index contributed by atoms with van der Waals surface area (Å²) in [6, 6.07) is 0.930. The van der Waals surface area contributed by atoms with E-state index in [-0.39, 0.29) is 11.9 Å². The third kappa shape index (κ3) is 3.48. The Hall–Kier alpha value is -1.08. The molecule has 0 N–H and O–H groups in total. The number of hydrogen-bond donors (Lipinski definition) is 0. The molecule has 2 rings (SSSR count). The van der Waals surface area contributed by atoms with Crippen LogP contribution in [0.1, 0.15) is 18.5 Å². The Morgan fingerprint density at radius 1 is 1.32 bits per heavy atom.